The van der Waals surface area contributed by atoms with Gasteiger partial charge in [0.25, 0.3) is 0 Å². The van der Waals surface area contributed by atoms with Gasteiger partial charge in [0.1, 0.15) is 17.2 Å². The number of hydrogen-bond acceptors (Lipinski definition) is 2. The van der Waals surface area contributed by atoms with Gasteiger partial charge in [-0.05, 0) is 48.9 Å². The molecule has 2 aromatic carbocycles. The van der Waals surface area contributed by atoms with Crippen LogP contribution in [0.3, 0.4) is 0 Å². The Morgan fingerprint density at radius 2 is 1.86 bits per heavy atom. The summed E-state index contributed by atoms with van der Waals surface area (Å²) < 4.78 is 32.7. The zero-order valence-electron chi connectivity index (χ0n) is 10.9. The first-order valence-corrected chi connectivity index (χ1v) is 6.53. The third-order valence-corrected chi connectivity index (χ3v) is 3.43. The number of rotatable bonds is 2. The normalized spacial score (nSPS) is 11.0. The summed E-state index contributed by atoms with van der Waals surface area (Å²) in [6.07, 6.45) is 0. The first-order chi connectivity index (χ1) is 9.95. The summed E-state index contributed by atoms with van der Waals surface area (Å²) in [4.78, 5) is 12.3. The Balaban J connectivity index is 2.10. The molecule has 0 radical (unpaired) electrons. The highest BCUT2D eigenvalue weighted by Gasteiger charge is 2.20. The standard InChI is InChI=1S/C16H9ClF2O2/c1-8-4-13(19)11(7-12(8)18)16(20)15-6-9-5-10(17)2-3-14(9)21-15/h2-7H,1H3. The number of halogens is 3. The van der Waals surface area contributed by atoms with Gasteiger partial charge < -0.3 is 4.42 Å². The molecule has 0 N–H and O–H groups in total. The summed E-state index contributed by atoms with van der Waals surface area (Å²) in [5.41, 5.74) is 0.236. The number of aryl methyl sites for hydroxylation is 1. The van der Waals surface area contributed by atoms with Crippen molar-refractivity contribution in [2.75, 3.05) is 0 Å². The zero-order chi connectivity index (χ0) is 15.1. The van der Waals surface area contributed by atoms with Crippen molar-refractivity contribution >= 4 is 28.4 Å². The first-order valence-electron chi connectivity index (χ1n) is 6.15. The van der Waals surface area contributed by atoms with Gasteiger partial charge in [-0.25, -0.2) is 8.78 Å². The van der Waals surface area contributed by atoms with Gasteiger partial charge >= 0.3 is 0 Å². The summed E-state index contributed by atoms with van der Waals surface area (Å²) in [6.45, 7) is 1.43. The lowest BCUT2D eigenvalue weighted by atomic mass is 10.1. The number of fused-ring (bicyclic) bond motifs is 1. The Labute approximate surface area is 123 Å². The highest BCUT2D eigenvalue weighted by atomic mass is 35.5. The van der Waals surface area contributed by atoms with Gasteiger partial charge in [0, 0.05) is 10.4 Å². The van der Waals surface area contributed by atoms with Crippen molar-refractivity contribution in [3.8, 4) is 0 Å². The van der Waals surface area contributed by atoms with E-state index in [1.54, 1.807) is 18.2 Å². The van der Waals surface area contributed by atoms with Crippen LogP contribution in [0.4, 0.5) is 8.78 Å². The van der Waals surface area contributed by atoms with Crippen molar-refractivity contribution in [2.24, 2.45) is 0 Å². The molecule has 0 bridgehead atoms. The monoisotopic (exact) mass is 306 g/mol. The van der Waals surface area contributed by atoms with E-state index in [-0.39, 0.29) is 16.9 Å². The van der Waals surface area contributed by atoms with Gasteiger partial charge in [0.15, 0.2) is 5.76 Å². The summed E-state index contributed by atoms with van der Waals surface area (Å²) in [6, 6.07) is 8.19. The van der Waals surface area contributed by atoms with Crippen molar-refractivity contribution in [3.05, 3.63) is 69.9 Å². The van der Waals surface area contributed by atoms with Crippen LogP contribution in [-0.2, 0) is 0 Å². The number of carbonyl (C=O) groups is 1. The van der Waals surface area contributed by atoms with E-state index in [0.29, 0.717) is 16.0 Å². The minimum Gasteiger partial charge on any atom is -0.453 e. The number of carbonyl (C=O) groups excluding carboxylic acids is 1. The minimum atomic E-state index is -0.780. The second kappa shape index (κ2) is 4.97. The number of ketones is 1. The predicted molar refractivity (Wildman–Crippen MR) is 75.8 cm³/mol. The van der Waals surface area contributed by atoms with Crippen LogP contribution >= 0.6 is 11.6 Å². The first kappa shape index (κ1) is 13.8. The third-order valence-electron chi connectivity index (χ3n) is 3.20. The second-order valence-corrected chi connectivity index (χ2v) is 5.14. The molecule has 0 saturated carbocycles. The van der Waals surface area contributed by atoms with E-state index in [2.05, 4.69) is 0 Å². The lowest BCUT2D eigenvalue weighted by Crippen LogP contribution is -2.04. The largest absolute Gasteiger partial charge is 0.453 e. The molecule has 0 amide bonds. The number of furan rings is 1. The van der Waals surface area contributed by atoms with E-state index < -0.39 is 17.4 Å². The lowest BCUT2D eigenvalue weighted by Gasteiger charge is -2.02. The van der Waals surface area contributed by atoms with Crippen LogP contribution in [0.2, 0.25) is 5.02 Å². The molecular formula is C16H9ClF2O2. The molecule has 0 fully saturated rings. The highest BCUT2D eigenvalue weighted by Crippen LogP contribution is 2.25. The van der Waals surface area contributed by atoms with E-state index in [9.17, 15) is 13.6 Å². The summed E-state index contributed by atoms with van der Waals surface area (Å²) in [7, 11) is 0. The zero-order valence-corrected chi connectivity index (χ0v) is 11.7. The van der Waals surface area contributed by atoms with Crippen molar-refractivity contribution < 1.29 is 18.0 Å². The van der Waals surface area contributed by atoms with E-state index in [1.165, 1.54) is 13.0 Å². The third kappa shape index (κ3) is 2.43. The molecule has 0 aliphatic rings. The van der Waals surface area contributed by atoms with Gasteiger partial charge in [-0.15, -0.1) is 0 Å². The fourth-order valence-corrected chi connectivity index (χ4v) is 2.26. The van der Waals surface area contributed by atoms with Crippen molar-refractivity contribution in [1.29, 1.82) is 0 Å². The quantitative estimate of drug-likeness (QED) is 0.630. The van der Waals surface area contributed by atoms with Crippen LogP contribution in [0.25, 0.3) is 11.0 Å². The Hall–Kier alpha value is -2.20. The van der Waals surface area contributed by atoms with E-state index in [1.807, 2.05) is 0 Å². The Bertz CT molecular complexity index is 868. The highest BCUT2D eigenvalue weighted by molar-refractivity contribution is 6.31. The summed E-state index contributed by atoms with van der Waals surface area (Å²) in [5, 5.41) is 1.12. The maximum Gasteiger partial charge on any atom is 0.231 e. The average molecular weight is 307 g/mol. The SMILES string of the molecule is Cc1cc(F)c(C(=O)c2cc3cc(Cl)ccc3o2)cc1F. The molecule has 2 nitrogen and oxygen atoms in total. The Kier molecular flexibility index (Phi) is 3.26. The molecule has 106 valence electrons. The molecule has 0 saturated heterocycles. The van der Waals surface area contributed by atoms with E-state index in [4.69, 9.17) is 16.0 Å². The predicted octanol–water partition coefficient (Wildman–Crippen LogP) is 4.90. The van der Waals surface area contributed by atoms with Crippen LogP contribution in [0.5, 0.6) is 0 Å². The molecular weight excluding hydrogens is 298 g/mol. The van der Waals surface area contributed by atoms with Gasteiger partial charge in [-0.2, -0.15) is 0 Å². The van der Waals surface area contributed by atoms with Crippen LogP contribution in [0.15, 0.2) is 40.8 Å². The van der Waals surface area contributed by atoms with Crippen LogP contribution < -0.4 is 0 Å². The fourth-order valence-electron chi connectivity index (χ4n) is 2.08. The van der Waals surface area contributed by atoms with Crippen molar-refractivity contribution in [3.63, 3.8) is 0 Å². The number of hydrogen-bond donors (Lipinski definition) is 0. The molecule has 1 heterocycles. The molecule has 0 spiro atoms. The van der Waals surface area contributed by atoms with Crippen LogP contribution in [0.1, 0.15) is 21.7 Å². The van der Waals surface area contributed by atoms with Crippen LogP contribution in [-0.4, -0.2) is 5.78 Å². The Morgan fingerprint density at radius 3 is 2.62 bits per heavy atom. The smallest absolute Gasteiger partial charge is 0.231 e. The molecule has 0 atom stereocenters. The fraction of sp³-hybridized carbons (Fsp3) is 0.0625. The molecule has 21 heavy (non-hydrogen) atoms. The molecule has 3 aromatic rings. The van der Waals surface area contributed by atoms with Gasteiger partial charge in [0.2, 0.25) is 5.78 Å². The average Bonchev–Trinajstić information content (AvgIpc) is 2.85. The van der Waals surface area contributed by atoms with Crippen LogP contribution in [0, 0.1) is 18.6 Å². The maximum absolute atomic E-state index is 13.8. The molecule has 5 heteroatoms. The summed E-state index contributed by atoms with van der Waals surface area (Å²) in [5.74, 6) is -2.19. The van der Waals surface area contributed by atoms with Crippen molar-refractivity contribution in [1.82, 2.24) is 0 Å². The summed E-state index contributed by atoms with van der Waals surface area (Å²) >= 11 is 5.85. The Morgan fingerprint density at radius 1 is 1.10 bits per heavy atom. The molecule has 1 aromatic heterocycles. The van der Waals surface area contributed by atoms with Crippen molar-refractivity contribution in [2.45, 2.75) is 6.92 Å². The molecule has 0 aliphatic heterocycles. The van der Waals surface area contributed by atoms with E-state index in [0.717, 1.165) is 12.1 Å². The molecule has 0 unspecified atom stereocenters. The van der Waals surface area contributed by atoms with Gasteiger partial charge in [-0.3, -0.25) is 4.79 Å². The minimum absolute atomic E-state index is 0.0607. The second-order valence-electron chi connectivity index (χ2n) is 4.70. The molecule has 3 rings (SSSR count). The lowest BCUT2D eigenvalue weighted by molar-refractivity contribution is 0.101. The molecule has 0 aliphatic carbocycles. The topological polar surface area (TPSA) is 30.2 Å². The number of benzene rings is 2. The van der Waals surface area contributed by atoms with E-state index >= 15 is 0 Å². The van der Waals surface area contributed by atoms with Gasteiger partial charge in [-0.1, -0.05) is 11.6 Å². The maximum atomic E-state index is 13.8. The van der Waals surface area contributed by atoms with Gasteiger partial charge in [0.05, 0.1) is 5.56 Å².